The number of nitrogens with zero attached hydrogens (tertiary/aromatic N) is 2. The van der Waals surface area contributed by atoms with Crippen LogP contribution in [-0.4, -0.2) is 55.2 Å². The van der Waals surface area contributed by atoms with Gasteiger partial charge in [-0.05, 0) is 38.9 Å². The Hall–Kier alpha value is -0.150. The first kappa shape index (κ1) is 10.4. The van der Waals surface area contributed by atoms with Crippen molar-refractivity contribution < 1.29 is 4.39 Å². The van der Waals surface area contributed by atoms with Gasteiger partial charge >= 0.3 is 0 Å². The van der Waals surface area contributed by atoms with Gasteiger partial charge in [0.2, 0.25) is 0 Å². The number of likely N-dealkylation sites (tertiary alicyclic amines) is 2. The summed E-state index contributed by atoms with van der Waals surface area (Å²) in [5.74, 6) is 0.839. The van der Waals surface area contributed by atoms with Crippen molar-refractivity contribution in [1.82, 2.24) is 9.80 Å². The van der Waals surface area contributed by atoms with E-state index in [1.165, 1.54) is 12.8 Å². The van der Waals surface area contributed by atoms with Gasteiger partial charge in [-0.2, -0.15) is 0 Å². The van der Waals surface area contributed by atoms with Crippen molar-refractivity contribution in [2.75, 3.05) is 39.8 Å². The normalized spacial score (nSPS) is 30.2. The van der Waals surface area contributed by atoms with Gasteiger partial charge in [0.05, 0.1) is 0 Å². The van der Waals surface area contributed by atoms with Crippen LogP contribution in [0.4, 0.5) is 4.39 Å². The molecule has 2 heterocycles. The lowest BCUT2D eigenvalue weighted by Crippen LogP contribution is -2.62. The number of halogens is 1. The Kier molecular flexibility index (Phi) is 2.80. The van der Waals surface area contributed by atoms with E-state index in [0.29, 0.717) is 19.6 Å². The molecule has 0 aromatic heterocycles. The van der Waals surface area contributed by atoms with E-state index in [1.807, 2.05) is 11.9 Å². The third kappa shape index (κ3) is 2.26. The number of hydrogen-bond donors (Lipinski definition) is 0. The van der Waals surface area contributed by atoms with E-state index in [9.17, 15) is 4.39 Å². The summed E-state index contributed by atoms with van der Waals surface area (Å²) in [5.41, 5.74) is -0.907. The molecule has 2 aliphatic rings. The van der Waals surface area contributed by atoms with Crippen LogP contribution in [-0.2, 0) is 0 Å². The molecule has 0 N–H and O–H groups in total. The highest BCUT2D eigenvalue weighted by molar-refractivity contribution is 4.97. The van der Waals surface area contributed by atoms with Crippen LogP contribution >= 0.6 is 0 Å². The van der Waals surface area contributed by atoms with Gasteiger partial charge in [-0.3, -0.25) is 4.90 Å². The monoisotopic (exact) mass is 200 g/mol. The maximum absolute atomic E-state index is 14.0. The summed E-state index contributed by atoms with van der Waals surface area (Å²) in [6.45, 7) is 6.38. The van der Waals surface area contributed by atoms with E-state index in [1.54, 1.807) is 0 Å². The van der Waals surface area contributed by atoms with Crippen molar-refractivity contribution in [3.63, 3.8) is 0 Å². The molecule has 0 amide bonds. The van der Waals surface area contributed by atoms with Crippen molar-refractivity contribution >= 4 is 0 Å². The molecular weight excluding hydrogens is 179 g/mol. The van der Waals surface area contributed by atoms with E-state index in [4.69, 9.17) is 0 Å². The first-order valence-electron chi connectivity index (χ1n) is 5.67. The smallest absolute Gasteiger partial charge is 0.148 e. The van der Waals surface area contributed by atoms with Gasteiger partial charge in [0, 0.05) is 19.6 Å². The van der Waals surface area contributed by atoms with Crippen molar-refractivity contribution in [3.8, 4) is 0 Å². The van der Waals surface area contributed by atoms with Crippen LogP contribution in [0.1, 0.15) is 19.8 Å². The zero-order chi connectivity index (χ0) is 10.2. The molecular formula is C11H21FN2. The Balaban J connectivity index is 1.75. The second-order valence-electron chi connectivity index (χ2n) is 5.28. The molecule has 0 spiro atoms. The lowest BCUT2D eigenvalue weighted by Gasteiger charge is -2.45. The second kappa shape index (κ2) is 3.78. The third-order valence-electron chi connectivity index (χ3n) is 3.49. The summed E-state index contributed by atoms with van der Waals surface area (Å²) < 4.78 is 14.0. The average Bonchev–Trinajstić information content (AvgIpc) is 2.07. The first-order chi connectivity index (χ1) is 6.57. The molecule has 0 unspecified atom stereocenters. The third-order valence-corrected chi connectivity index (χ3v) is 3.49. The molecule has 2 saturated heterocycles. The summed E-state index contributed by atoms with van der Waals surface area (Å²) in [6.07, 6.45) is 2.48. The number of hydrogen-bond acceptors (Lipinski definition) is 2. The van der Waals surface area contributed by atoms with Crippen molar-refractivity contribution in [2.24, 2.45) is 5.92 Å². The van der Waals surface area contributed by atoms with E-state index < -0.39 is 5.67 Å². The van der Waals surface area contributed by atoms with Crippen LogP contribution < -0.4 is 0 Å². The van der Waals surface area contributed by atoms with Crippen LogP contribution in [0.5, 0.6) is 0 Å². The molecule has 2 nitrogen and oxygen atoms in total. The largest absolute Gasteiger partial charge is 0.300 e. The topological polar surface area (TPSA) is 6.48 Å². The number of piperidine rings is 1. The zero-order valence-electron chi connectivity index (χ0n) is 9.30. The van der Waals surface area contributed by atoms with Crippen molar-refractivity contribution in [1.29, 1.82) is 0 Å². The number of alkyl halides is 1. The molecule has 3 heteroatoms. The van der Waals surface area contributed by atoms with Gasteiger partial charge in [-0.25, -0.2) is 4.39 Å². The summed E-state index contributed by atoms with van der Waals surface area (Å²) in [5, 5.41) is 0. The minimum absolute atomic E-state index is 0.624. The lowest BCUT2D eigenvalue weighted by molar-refractivity contribution is -0.0445. The Morgan fingerprint density at radius 2 is 1.86 bits per heavy atom. The molecule has 0 bridgehead atoms. The maximum atomic E-state index is 14.0. The van der Waals surface area contributed by atoms with Crippen LogP contribution in [0, 0.1) is 5.92 Å². The second-order valence-corrected chi connectivity index (χ2v) is 5.28. The molecule has 0 aromatic rings. The summed E-state index contributed by atoms with van der Waals surface area (Å²) in [4.78, 5) is 4.35. The van der Waals surface area contributed by atoms with Gasteiger partial charge in [0.25, 0.3) is 0 Å². The molecule has 0 atom stereocenters. The molecule has 0 aliphatic carbocycles. The lowest BCUT2D eigenvalue weighted by atomic mass is 9.93. The highest BCUT2D eigenvalue weighted by Gasteiger charge is 2.42. The quantitative estimate of drug-likeness (QED) is 0.664. The predicted molar refractivity (Wildman–Crippen MR) is 56.2 cm³/mol. The van der Waals surface area contributed by atoms with Gasteiger partial charge in [0.15, 0.2) is 0 Å². The Morgan fingerprint density at radius 3 is 2.36 bits per heavy atom. The molecule has 14 heavy (non-hydrogen) atoms. The van der Waals surface area contributed by atoms with E-state index in [-0.39, 0.29) is 0 Å². The van der Waals surface area contributed by atoms with Gasteiger partial charge < -0.3 is 4.90 Å². The van der Waals surface area contributed by atoms with Gasteiger partial charge in [-0.1, -0.05) is 6.92 Å². The average molecular weight is 200 g/mol. The standard InChI is InChI=1S/C11H21FN2/c1-10-3-5-14(6-4-10)9-11(12)7-13(2)8-11/h10H,3-9H2,1-2H3. The maximum Gasteiger partial charge on any atom is 0.148 e. The fourth-order valence-electron chi connectivity index (χ4n) is 2.64. The first-order valence-corrected chi connectivity index (χ1v) is 5.67. The molecule has 0 aromatic carbocycles. The molecule has 2 fully saturated rings. The minimum atomic E-state index is -0.907. The Bertz CT molecular complexity index is 193. The van der Waals surface area contributed by atoms with E-state index in [2.05, 4.69) is 11.8 Å². The van der Waals surface area contributed by atoms with Crippen molar-refractivity contribution in [3.05, 3.63) is 0 Å². The summed E-state index contributed by atoms with van der Waals surface area (Å²) >= 11 is 0. The Morgan fingerprint density at radius 1 is 1.29 bits per heavy atom. The molecule has 2 aliphatic heterocycles. The van der Waals surface area contributed by atoms with Crippen LogP contribution in [0.2, 0.25) is 0 Å². The van der Waals surface area contributed by atoms with Crippen LogP contribution in [0.25, 0.3) is 0 Å². The fraction of sp³-hybridized carbons (Fsp3) is 1.00. The van der Waals surface area contributed by atoms with Crippen LogP contribution in [0.3, 0.4) is 0 Å². The Labute approximate surface area is 86.1 Å². The van der Waals surface area contributed by atoms with E-state index >= 15 is 0 Å². The van der Waals surface area contributed by atoms with Gasteiger partial charge in [0.1, 0.15) is 5.67 Å². The minimum Gasteiger partial charge on any atom is -0.300 e. The SMILES string of the molecule is CC1CCN(CC2(F)CN(C)C2)CC1. The molecule has 0 saturated carbocycles. The molecule has 2 rings (SSSR count). The van der Waals surface area contributed by atoms with Crippen molar-refractivity contribution in [2.45, 2.75) is 25.4 Å². The van der Waals surface area contributed by atoms with Gasteiger partial charge in [-0.15, -0.1) is 0 Å². The zero-order valence-corrected chi connectivity index (χ0v) is 9.30. The summed E-state index contributed by atoms with van der Waals surface area (Å²) in [7, 11) is 1.98. The highest BCUT2D eigenvalue weighted by atomic mass is 19.1. The predicted octanol–water partition coefficient (Wildman–Crippen LogP) is 1.37. The fourth-order valence-corrected chi connectivity index (χ4v) is 2.64. The van der Waals surface area contributed by atoms with Crippen LogP contribution in [0.15, 0.2) is 0 Å². The molecule has 82 valence electrons. The highest BCUT2D eigenvalue weighted by Crippen LogP contribution is 2.26. The summed E-state index contributed by atoms with van der Waals surface area (Å²) in [6, 6.07) is 0. The van der Waals surface area contributed by atoms with E-state index in [0.717, 1.165) is 19.0 Å². The molecule has 0 radical (unpaired) electrons. The number of rotatable bonds is 2.